The van der Waals surface area contributed by atoms with E-state index in [9.17, 15) is 15.0 Å². The Morgan fingerprint density at radius 2 is 1.95 bits per heavy atom. The number of carbonyl (C=O) groups excluding carboxylic acids is 1. The van der Waals surface area contributed by atoms with Crippen molar-refractivity contribution in [1.29, 1.82) is 0 Å². The first-order valence-corrected chi connectivity index (χ1v) is 6.20. The molecule has 3 rings (SSSR count). The highest BCUT2D eigenvalue weighted by Gasteiger charge is 2.25. The van der Waals surface area contributed by atoms with E-state index in [4.69, 9.17) is 4.74 Å². The number of hydrogen-bond acceptors (Lipinski definition) is 4. The molecule has 3 N–H and O–H groups in total. The van der Waals surface area contributed by atoms with Gasteiger partial charge in [0.1, 0.15) is 12.4 Å². The maximum atomic E-state index is 12.1. The van der Waals surface area contributed by atoms with E-state index in [0.717, 1.165) is 11.3 Å². The van der Waals surface area contributed by atoms with Gasteiger partial charge in [-0.25, -0.2) is 0 Å². The zero-order valence-electron chi connectivity index (χ0n) is 10.5. The van der Waals surface area contributed by atoms with Gasteiger partial charge in [-0.1, -0.05) is 18.2 Å². The molecule has 1 aliphatic heterocycles. The highest BCUT2D eigenvalue weighted by atomic mass is 16.5. The Labute approximate surface area is 115 Å². The summed E-state index contributed by atoms with van der Waals surface area (Å²) in [6.45, 7) is 0.384. The summed E-state index contributed by atoms with van der Waals surface area (Å²) in [7, 11) is 0. The predicted octanol–water partition coefficient (Wildman–Crippen LogP) is 1.96. The van der Waals surface area contributed by atoms with E-state index in [1.807, 2.05) is 24.3 Å². The maximum absolute atomic E-state index is 12.1. The molecule has 2 aromatic carbocycles. The van der Waals surface area contributed by atoms with Crippen molar-refractivity contribution in [3.63, 3.8) is 0 Å². The Balaban J connectivity index is 1.79. The molecule has 0 aromatic heterocycles. The molecule has 0 saturated carbocycles. The summed E-state index contributed by atoms with van der Waals surface area (Å²) < 4.78 is 5.49. The molecule has 2 aromatic rings. The molecule has 0 aliphatic carbocycles. The summed E-state index contributed by atoms with van der Waals surface area (Å²) in [5.74, 6) is -0.131. The first kappa shape index (κ1) is 12.3. The predicted molar refractivity (Wildman–Crippen MR) is 71.9 cm³/mol. The van der Waals surface area contributed by atoms with Gasteiger partial charge in [0.2, 0.25) is 0 Å². The number of para-hydroxylation sites is 1. The normalized spacial score (nSPS) is 16.3. The summed E-state index contributed by atoms with van der Waals surface area (Å²) in [5, 5.41) is 21.5. The van der Waals surface area contributed by atoms with Gasteiger partial charge in [0, 0.05) is 11.1 Å². The van der Waals surface area contributed by atoms with Crippen LogP contribution in [-0.2, 0) is 0 Å². The van der Waals surface area contributed by atoms with Crippen LogP contribution in [0.4, 0.5) is 0 Å². The van der Waals surface area contributed by atoms with Gasteiger partial charge < -0.3 is 20.3 Å². The second-order valence-corrected chi connectivity index (χ2v) is 4.58. The summed E-state index contributed by atoms with van der Waals surface area (Å²) >= 11 is 0. The molecule has 0 saturated heterocycles. The molecule has 20 heavy (non-hydrogen) atoms. The SMILES string of the molecule is O=C(NC1COc2ccccc21)c1ccc(O)c(O)c1. The monoisotopic (exact) mass is 271 g/mol. The number of rotatable bonds is 2. The zero-order chi connectivity index (χ0) is 14.1. The first-order valence-electron chi connectivity index (χ1n) is 6.20. The fourth-order valence-electron chi connectivity index (χ4n) is 2.19. The molecule has 1 unspecified atom stereocenters. The minimum Gasteiger partial charge on any atom is -0.504 e. The van der Waals surface area contributed by atoms with E-state index in [2.05, 4.69) is 5.32 Å². The summed E-state index contributed by atoms with van der Waals surface area (Å²) in [6, 6.07) is 11.3. The number of ether oxygens (including phenoxy) is 1. The van der Waals surface area contributed by atoms with Crippen LogP contribution in [0, 0.1) is 0 Å². The van der Waals surface area contributed by atoms with Crippen LogP contribution in [0.2, 0.25) is 0 Å². The molecule has 1 amide bonds. The van der Waals surface area contributed by atoms with E-state index >= 15 is 0 Å². The van der Waals surface area contributed by atoms with Gasteiger partial charge in [0.05, 0.1) is 6.04 Å². The fourth-order valence-corrected chi connectivity index (χ4v) is 2.19. The van der Waals surface area contributed by atoms with Gasteiger partial charge in [0.25, 0.3) is 5.91 Å². The van der Waals surface area contributed by atoms with E-state index < -0.39 is 0 Å². The largest absolute Gasteiger partial charge is 0.504 e. The fraction of sp³-hybridized carbons (Fsp3) is 0.133. The molecular formula is C15H13NO4. The van der Waals surface area contributed by atoms with E-state index in [1.165, 1.54) is 18.2 Å². The van der Waals surface area contributed by atoms with Crippen LogP contribution in [0.25, 0.3) is 0 Å². The van der Waals surface area contributed by atoms with Crippen LogP contribution < -0.4 is 10.1 Å². The number of nitrogens with one attached hydrogen (secondary N) is 1. The van der Waals surface area contributed by atoms with E-state index in [1.54, 1.807) is 0 Å². The van der Waals surface area contributed by atoms with Crippen molar-refractivity contribution in [2.24, 2.45) is 0 Å². The lowest BCUT2D eigenvalue weighted by atomic mass is 10.1. The van der Waals surface area contributed by atoms with Crippen molar-refractivity contribution >= 4 is 5.91 Å². The highest BCUT2D eigenvalue weighted by molar-refractivity contribution is 5.95. The van der Waals surface area contributed by atoms with Gasteiger partial charge in [-0.3, -0.25) is 4.79 Å². The van der Waals surface area contributed by atoms with Crippen LogP contribution in [0.1, 0.15) is 22.0 Å². The second-order valence-electron chi connectivity index (χ2n) is 4.58. The van der Waals surface area contributed by atoms with Crippen LogP contribution in [0.5, 0.6) is 17.2 Å². The average molecular weight is 271 g/mol. The topological polar surface area (TPSA) is 78.8 Å². The Hall–Kier alpha value is -2.69. The summed E-state index contributed by atoms with van der Waals surface area (Å²) in [6.07, 6.45) is 0. The molecule has 0 bridgehead atoms. The van der Waals surface area contributed by atoms with Crippen LogP contribution in [0.3, 0.4) is 0 Å². The highest BCUT2D eigenvalue weighted by Crippen LogP contribution is 2.32. The van der Waals surface area contributed by atoms with Crippen molar-refractivity contribution in [1.82, 2.24) is 5.32 Å². The zero-order valence-corrected chi connectivity index (χ0v) is 10.5. The molecule has 0 radical (unpaired) electrons. The number of carbonyl (C=O) groups is 1. The van der Waals surface area contributed by atoms with Crippen molar-refractivity contribution in [3.8, 4) is 17.2 Å². The third-order valence-corrected chi connectivity index (χ3v) is 3.24. The average Bonchev–Trinajstić information content (AvgIpc) is 2.85. The van der Waals surface area contributed by atoms with E-state index in [0.29, 0.717) is 6.61 Å². The van der Waals surface area contributed by atoms with Crippen LogP contribution in [-0.4, -0.2) is 22.7 Å². The summed E-state index contributed by atoms with van der Waals surface area (Å²) in [4.78, 5) is 12.1. The number of hydrogen-bond donors (Lipinski definition) is 3. The van der Waals surface area contributed by atoms with Gasteiger partial charge in [0.15, 0.2) is 11.5 Å². The van der Waals surface area contributed by atoms with E-state index in [-0.39, 0.29) is 29.0 Å². The lowest BCUT2D eigenvalue weighted by Crippen LogP contribution is -2.29. The summed E-state index contributed by atoms with van der Waals surface area (Å²) in [5.41, 5.74) is 1.22. The Bertz CT molecular complexity index is 669. The van der Waals surface area contributed by atoms with Gasteiger partial charge in [-0.05, 0) is 24.3 Å². The molecule has 1 atom stereocenters. The number of fused-ring (bicyclic) bond motifs is 1. The third kappa shape index (κ3) is 2.14. The third-order valence-electron chi connectivity index (χ3n) is 3.24. The Morgan fingerprint density at radius 3 is 2.75 bits per heavy atom. The molecule has 102 valence electrons. The molecule has 5 nitrogen and oxygen atoms in total. The molecule has 5 heteroatoms. The van der Waals surface area contributed by atoms with Crippen molar-refractivity contribution < 1.29 is 19.7 Å². The van der Waals surface area contributed by atoms with Crippen molar-refractivity contribution in [3.05, 3.63) is 53.6 Å². The molecule has 0 spiro atoms. The molecule has 1 aliphatic rings. The Morgan fingerprint density at radius 1 is 1.15 bits per heavy atom. The number of amides is 1. The maximum Gasteiger partial charge on any atom is 0.252 e. The molecule has 1 heterocycles. The minimum absolute atomic E-state index is 0.213. The standard InChI is InChI=1S/C15H13NO4/c17-12-6-5-9(7-13(12)18)15(19)16-11-8-20-14-4-2-1-3-10(11)14/h1-7,11,17-18H,8H2,(H,16,19). The molecular weight excluding hydrogens is 258 g/mol. The second kappa shape index (κ2) is 4.77. The minimum atomic E-state index is -0.328. The van der Waals surface area contributed by atoms with Crippen molar-refractivity contribution in [2.75, 3.05) is 6.61 Å². The number of phenolic OH excluding ortho intramolecular Hbond substituents is 2. The number of benzene rings is 2. The quantitative estimate of drug-likeness (QED) is 0.730. The first-order chi connectivity index (χ1) is 9.65. The lowest BCUT2D eigenvalue weighted by molar-refractivity contribution is 0.0930. The van der Waals surface area contributed by atoms with Gasteiger partial charge in [-0.2, -0.15) is 0 Å². The smallest absolute Gasteiger partial charge is 0.252 e. The van der Waals surface area contributed by atoms with Gasteiger partial charge >= 0.3 is 0 Å². The van der Waals surface area contributed by atoms with Crippen LogP contribution >= 0.6 is 0 Å². The Kier molecular flexibility index (Phi) is 2.95. The lowest BCUT2D eigenvalue weighted by Gasteiger charge is -2.12. The van der Waals surface area contributed by atoms with Crippen molar-refractivity contribution in [2.45, 2.75) is 6.04 Å². The number of aromatic hydroxyl groups is 2. The van der Waals surface area contributed by atoms with Crippen LogP contribution in [0.15, 0.2) is 42.5 Å². The molecule has 0 fully saturated rings. The van der Waals surface area contributed by atoms with Gasteiger partial charge in [-0.15, -0.1) is 0 Å². The number of phenols is 2.